The van der Waals surface area contributed by atoms with E-state index in [1.807, 2.05) is 63.2 Å². The normalized spacial score (nSPS) is 11.5. The van der Waals surface area contributed by atoms with Gasteiger partial charge in [0.15, 0.2) is 0 Å². The largest absolute Gasteiger partial charge is 0.497 e. The van der Waals surface area contributed by atoms with Crippen LogP contribution in [0.3, 0.4) is 0 Å². The molecular weight excluding hydrogens is 428 g/mol. The molecule has 0 fully saturated rings. The topological polar surface area (TPSA) is 73.6 Å². The second kappa shape index (κ2) is 10.3. The molecule has 0 saturated carbocycles. The Morgan fingerprint density at radius 3 is 2.79 bits per heavy atom. The summed E-state index contributed by atoms with van der Waals surface area (Å²) in [6.07, 6.45) is 6.80. The first kappa shape index (κ1) is 23.1. The summed E-state index contributed by atoms with van der Waals surface area (Å²) >= 11 is 0. The van der Waals surface area contributed by atoms with Gasteiger partial charge in [0.2, 0.25) is 5.91 Å². The van der Waals surface area contributed by atoms with Gasteiger partial charge in [0.25, 0.3) is 0 Å². The second-order valence-electron chi connectivity index (χ2n) is 7.98. The number of rotatable bonds is 8. The summed E-state index contributed by atoms with van der Waals surface area (Å²) in [5.41, 5.74) is 6.20. The van der Waals surface area contributed by atoms with Gasteiger partial charge in [0.1, 0.15) is 17.1 Å². The summed E-state index contributed by atoms with van der Waals surface area (Å²) in [4.78, 5) is 16.7. The van der Waals surface area contributed by atoms with Crippen LogP contribution in [0.5, 0.6) is 11.5 Å². The molecule has 1 amide bonds. The van der Waals surface area contributed by atoms with Crippen molar-refractivity contribution in [3.05, 3.63) is 83.9 Å². The number of furan rings is 1. The van der Waals surface area contributed by atoms with E-state index >= 15 is 0 Å². The first-order chi connectivity index (χ1) is 16.5. The number of aromatic nitrogens is 1. The van der Waals surface area contributed by atoms with Gasteiger partial charge >= 0.3 is 0 Å². The maximum Gasteiger partial charge on any atom is 0.244 e. The van der Waals surface area contributed by atoms with E-state index in [0.29, 0.717) is 13.2 Å². The number of carbonyl (C=O) groups excluding carboxylic acids is 1. The number of amides is 1. The van der Waals surface area contributed by atoms with E-state index in [0.717, 1.165) is 55.9 Å². The lowest BCUT2D eigenvalue weighted by Gasteiger charge is -2.15. The molecule has 6 heteroatoms. The van der Waals surface area contributed by atoms with E-state index in [4.69, 9.17) is 13.9 Å². The quantitative estimate of drug-likeness (QED) is 0.333. The number of hydrogen-bond acceptors (Lipinski definition) is 5. The molecular formula is C28H28N2O4. The Kier molecular flexibility index (Phi) is 6.97. The van der Waals surface area contributed by atoms with Crippen molar-refractivity contribution in [3.63, 3.8) is 0 Å². The monoisotopic (exact) mass is 456 g/mol. The molecule has 0 aliphatic rings. The van der Waals surface area contributed by atoms with Gasteiger partial charge in [0.05, 0.1) is 20.0 Å². The number of allylic oxidation sites excluding steroid dienone is 1. The van der Waals surface area contributed by atoms with Gasteiger partial charge in [-0.25, -0.2) is 0 Å². The summed E-state index contributed by atoms with van der Waals surface area (Å²) in [6.45, 7) is 6.75. The molecule has 0 atom stereocenters. The van der Waals surface area contributed by atoms with Crippen LogP contribution >= 0.6 is 0 Å². The Bertz CT molecular complexity index is 1340. The molecule has 0 aliphatic carbocycles. The number of pyridine rings is 1. The molecule has 6 nitrogen and oxygen atoms in total. The minimum atomic E-state index is -0.179. The Morgan fingerprint density at radius 2 is 2.06 bits per heavy atom. The fourth-order valence-electron chi connectivity index (χ4n) is 3.97. The van der Waals surface area contributed by atoms with E-state index in [-0.39, 0.29) is 5.91 Å². The highest BCUT2D eigenvalue weighted by Gasteiger charge is 2.19. The number of hydrogen-bond donors (Lipinski definition) is 1. The molecule has 4 rings (SSSR count). The van der Waals surface area contributed by atoms with Crippen molar-refractivity contribution >= 4 is 22.4 Å². The van der Waals surface area contributed by atoms with Crippen molar-refractivity contribution in [1.29, 1.82) is 0 Å². The summed E-state index contributed by atoms with van der Waals surface area (Å²) in [5.74, 6) is 1.31. The summed E-state index contributed by atoms with van der Waals surface area (Å²) in [6, 6.07) is 13.7. The molecule has 0 spiro atoms. The lowest BCUT2D eigenvalue weighted by atomic mass is 9.96. The summed E-state index contributed by atoms with van der Waals surface area (Å²) < 4.78 is 17.4. The SMILES string of the molecule is CCOc1c(/C(C)=C/C(=O)NCc2cccnc2)cc2c(-c3cccc(OC)c3)coc2c1C. The molecule has 4 aromatic rings. The number of fused-ring (bicyclic) bond motifs is 1. The zero-order chi connectivity index (χ0) is 24.1. The first-order valence-electron chi connectivity index (χ1n) is 11.2. The van der Waals surface area contributed by atoms with Crippen LogP contribution in [0.1, 0.15) is 30.5 Å². The van der Waals surface area contributed by atoms with Crippen molar-refractivity contribution in [2.24, 2.45) is 0 Å². The number of nitrogens with zero attached hydrogens (tertiary/aromatic N) is 1. The number of methoxy groups -OCH3 is 1. The zero-order valence-electron chi connectivity index (χ0n) is 19.8. The molecule has 2 heterocycles. The molecule has 1 N–H and O–H groups in total. The highest BCUT2D eigenvalue weighted by molar-refractivity contribution is 6.01. The smallest absolute Gasteiger partial charge is 0.244 e. The Morgan fingerprint density at radius 1 is 1.21 bits per heavy atom. The van der Waals surface area contributed by atoms with Gasteiger partial charge in [-0.05, 0) is 61.7 Å². The highest BCUT2D eigenvalue weighted by Crippen LogP contribution is 2.41. The van der Waals surface area contributed by atoms with E-state index in [1.165, 1.54) is 0 Å². The molecule has 0 aliphatic heterocycles. The molecule has 0 unspecified atom stereocenters. The minimum absolute atomic E-state index is 0.179. The predicted molar refractivity (Wildman–Crippen MR) is 134 cm³/mol. The van der Waals surface area contributed by atoms with Crippen LogP contribution in [-0.4, -0.2) is 24.6 Å². The Hall–Kier alpha value is -4.06. The van der Waals surface area contributed by atoms with Gasteiger partial charge < -0.3 is 19.2 Å². The van der Waals surface area contributed by atoms with Crippen molar-refractivity contribution in [2.45, 2.75) is 27.3 Å². The first-order valence-corrected chi connectivity index (χ1v) is 11.2. The van der Waals surface area contributed by atoms with Crippen LogP contribution in [0, 0.1) is 6.92 Å². The second-order valence-corrected chi connectivity index (χ2v) is 7.98. The highest BCUT2D eigenvalue weighted by atomic mass is 16.5. The van der Waals surface area contributed by atoms with Crippen LogP contribution in [0.2, 0.25) is 0 Å². The van der Waals surface area contributed by atoms with Gasteiger partial charge in [-0.3, -0.25) is 9.78 Å². The number of aryl methyl sites for hydroxylation is 1. The van der Waals surface area contributed by atoms with Gasteiger partial charge in [0, 0.05) is 47.1 Å². The lowest BCUT2D eigenvalue weighted by molar-refractivity contribution is -0.116. The van der Waals surface area contributed by atoms with Crippen LogP contribution in [0.15, 0.2) is 71.6 Å². The van der Waals surface area contributed by atoms with Crippen LogP contribution < -0.4 is 14.8 Å². The Balaban J connectivity index is 1.73. The predicted octanol–water partition coefficient (Wildman–Crippen LogP) is 5.93. The molecule has 174 valence electrons. The maximum atomic E-state index is 12.6. The number of carbonyl (C=O) groups is 1. The number of ether oxygens (including phenoxy) is 2. The number of benzene rings is 2. The van der Waals surface area contributed by atoms with E-state index in [1.54, 1.807) is 31.8 Å². The average molecular weight is 457 g/mol. The maximum absolute atomic E-state index is 12.6. The molecule has 0 saturated heterocycles. The van der Waals surface area contributed by atoms with Crippen LogP contribution in [-0.2, 0) is 11.3 Å². The fraction of sp³-hybridized carbons (Fsp3) is 0.214. The molecule has 2 aromatic heterocycles. The Labute approximate surface area is 199 Å². The van der Waals surface area contributed by atoms with E-state index in [2.05, 4.69) is 10.3 Å². The molecule has 2 aromatic carbocycles. The average Bonchev–Trinajstić information content (AvgIpc) is 3.29. The standard InChI is InChI=1S/C28H28N2O4/c1-5-33-27-19(3)28-24(25(17-34-28)21-9-6-10-22(13-21)32-4)14-23(27)18(2)12-26(31)30-16-20-8-7-11-29-15-20/h6-15,17H,5,16H2,1-4H3,(H,30,31)/b18-12+. The summed E-state index contributed by atoms with van der Waals surface area (Å²) in [5, 5.41) is 3.87. The van der Waals surface area contributed by atoms with Gasteiger partial charge in [-0.1, -0.05) is 18.2 Å². The molecule has 34 heavy (non-hydrogen) atoms. The van der Waals surface area contributed by atoms with E-state index in [9.17, 15) is 4.79 Å². The van der Waals surface area contributed by atoms with Crippen molar-refractivity contribution in [3.8, 4) is 22.6 Å². The third kappa shape index (κ3) is 4.81. The third-order valence-electron chi connectivity index (χ3n) is 5.68. The molecule has 0 bridgehead atoms. The minimum Gasteiger partial charge on any atom is -0.497 e. The van der Waals surface area contributed by atoms with E-state index < -0.39 is 0 Å². The fourth-order valence-corrected chi connectivity index (χ4v) is 3.97. The third-order valence-corrected chi connectivity index (χ3v) is 5.68. The van der Waals surface area contributed by atoms with Crippen LogP contribution in [0.4, 0.5) is 0 Å². The van der Waals surface area contributed by atoms with Crippen molar-refractivity contribution in [2.75, 3.05) is 13.7 Å². The zero-order valence-corrected chi connectivity index (χ0v) is 19.8. The van der Waals surface area contributed by atoms with Crippen molar-refractivity contribution < 1.29 is 18.7 Å². The molecule has 0 radical (unpaired) electrons. The van der Waals surface area contributed by atoms with Gasteiger partial charge in [-0.2, -0.15) is 0 Å². The number of nitrogens with one attached hydrogen (secondary N) is 1. The summed E-state index contributed by atoms with van der Waals surface area (Å²) in [7, 11) is 1.65. The van der Waals surface area contributed by atoms with Gasteiger partial charge in [-0.15, -0.1) is 0 Å². The van der Waals surface area contributed by atoms with Crippen LogP contribution in [0.25, 0.3) is 27.7 Å². The lowest BCUT2D eigenvalue weighted by Crippen LogP contribution is -2.20. The van der Waals surface area contributed by atoms with Crippen molar-refractivity contribution in [1.82, 2.24) is 10.3 Å².